The lowest BCUT2D eigenvalue weighted by Gasteiger charge is -2.46. The normalized spacial score (nSPS) is 22.4. The number of allylic oxidation sites excluding steroid dienone is 19. The predicted octanol–water partition coefficient (Wildman–Crippen LogP) is 19.2. The van der Waals surface area contributed by atoms with Crippen molar-refractivity contribution in [3.05, 3.63) is 122 Å². The van der Waals surface area contributed by atoms with E-state index < -0.39 is 86.8 Å². The van der Waals surface area contributed by atoms with E-state index >= 15 is 0 Å². The Bertz CT molecular complexity index is 2170. The van der Waals surface area contributed by atoms with Crippen LogP contribution in [0.4, 0.5) is 0 Å². The number of unbranched alkanes of at least 4 members (excludes halogenated alkanes) is 37. The van der Waals surface area contributed by atoms with Crippen LogP contribution in [0.1, 0.15) is 328 Å². The van der Waals surface area contributed by atoms with Gasteiger partial charge in [-0.2, -0.15) is 0 Å². The lowest BCUT2D eigenvalue weighted by Crippen LogP contribution is -2.65. The number of ether oxygens (including phenoxy) is 4. The second kappa shape index (κ2) is 69.4. The molecule has 2 rings (SSSR count). The zero-order valence-electron chi connectivity index (χ0n) is 63.9. The van der Waals surface area contributed by atoms with Crippen molar-refractivity contribution in [2.75, 3.05) is 19.8 Å². The minimum atomic E-state index is -1.80. The number of rotatable bonds is 68. The molecule has 12 atom stereocenters. The summed E-state index contributed by atoms with van der Waals surface area (Å²) in [5.74, 6) is -0.253. The van der Waals surface area contributed by atoms with Gasteiger partial charge in [0.1, 0.15) is 48.8 Å². The summed E-state index contributed by atoms with van der Waals surface area (Å²) >= 11 is 0. The molecule has 0 aliphatic carbocycles. The van der Waals surface area contributed by atoms with Crippen molar-refractivity contribution in [3.8, 4) is 0 Å². The van der Waals surface area contributed by atoms with Crippen LogP contribution >= 0.6 is 0 Å². The van der Waals surface area contributed by atoms with Gasteiger partial charge in [0.2, 0.25) is 5.91 Å². The highest BCUT2D eigenvalue weighted by Crippen LogP contribution is 2.30. The summed E-state index contributed by atoms with van der Waals surface area (Å²) < 4.78 is 22.9. The molecule has 1 amide bonds. The van der Waals surface area contributed by atoms with Gasteiger partial charge in [-0.25, -0.2) is 0 Å². The molecule has 582 valence electrons. The van der Waals surface area contributed by atoms with Gasteiger partial charge in [0, 0.05) is 6.42 Å². The van der Waals surface area contributed by atoms with Gasteiger partial charge in [-0.3, -0.25) is 4.79 Å². The van der Waals surface area contributed by atoms with E-state index in [9.17, 15) is 45.6 Å². The predicted molar refractivity (Wildman–Crippen MR) is 419 cm³/mol. The minimum Gasteiger partial charge on any atom is -0.394 e. The van der Waals surface area contributed by atoms with E-state index in [1.165, 1.54) is 205 Å². The maximum atomic E-state index is 13.4. The molecule has 0 aromatic rings. The molecule has 9 N–H and O–H groups in total. The SMILES string of the molecule is CC/C=C\C/C=C\C/C=C\C/C=C\C/C=C\C/C=C\C/C=C\CCCCCCCCCCCCCCCCCCCC(=O)NC(COC1OC(CO)C(OC2OC(CO)C(O)C(O)C2O)C(O)C1O)C(O)/C=C/CC/C=C/CC/C=C/CCCCCCCCCCCCCCCCCCCC. The molecule has 2 heterocycles. The zero-order valence-corrected chi connectivity index (χ0v) is 63.9. The Morgan fingerprint density at radius 3 is 1.09 bits per heavy atom. The zero-order chi connectivity index (χ0) is 73.0. The molecule has 0 radical (unpaired) electrons. The Morgan fingerprint density at radius 1 is 0.366 bits per heavy atom. The third-order valence-electron chi connectivity index (χ3n) is 19.4. The van der Waals surface area contributed by atoms with E-state index in [1.54, 1.807) is 6.08 Å². The lowest BCUT2D eigenvalue weighted by atomic mass is 9.97. The Kier molecular flexibility index (Phi) is 64.3. The van der Waals surface area contributed by atoms with Crippen LogP contribution in [-0.2, 0) is 23.7 Å². The number of aliphatic hydroxyl groups excluding tert-OH is 8. The van der Waals surface area contributed by atoms with Crippen LogP contribution in [-0.4, -0.2) is 140 Å². The monoisotopic (exact) mass is 1420 g/mol. The summed E-state index contributed by atoms with van der Waals surface area (Å²) in [4.78, 5) is 13.4. The van der Waals surface area contributed by atoms with Crippen molar-refractivity contribution in [1.82, 2.24) is 5.32 Å². The molecule has 0 bridgehead atoms. The van der Waals surface area contributed by atoms with E-state index in [0.29, 0.717) is 12.8 Å². The van der Waals surface area contributed by atoms with Crippen LogP contribution in [0.3, 0.4) is 0 Å². The molecule has 101 heavy (non-hydrogen) atoms. The van der Waals surface area contributed by atoms with E-state index in [0.717, 1.165) is 89.9 Å². The Balaban J connectivity index is 1.62. The second-order valence-electron chi connectivity index (χ2n) is 28.5. The fraction of sp³-hybridized carbons (Fsp3) is 0.759. The first-order valence-electron chi connectivity index (χ1n) is 41.3. The molecular weight excluding hydrogens is 1270 g/mol. The number of nitrogens with one attached hydrogen (secondary N) is 1. The minimum absolute atomic E-state index is 0.253. The highest BCUT2D eigenvalue weighted by atomic mass is 16.7. The third kappa shape index (κ3) is 52.1. The number of carbonyl (C=O) groups is 1. The van der Waals surface area contributed by atoms with Gasteiger partial charge in [-0.1, -0.05) is 341 Å². The fourth-order valence-corrected chi connectivity index (χ4v) is 12.9. The van der Waals surface area contributed by atoms with Crippen LogP contribution in [0.15, 0.2) is 122 Å². The summed E-state index contributed by atoms with van der Waals surface area (Å²) in [5, 5.41) is 87.7. The van der Waals surface area contributed by atoms with Gasteiger partial charge in [0.15, 0.2) is 12.6 Å². The Labute approximate surface area is 616 Å². The van der Waals surface area contributed by atoms with Crippen molar-refractivity contribution in [1.29, 1.82) is 0 Å². The van der Waals surface area contributed by atoms with Crippen molar-refractivity contribution in [2.24, 2.45) is 0 Å². The van der Waals surface area contributed by atoms with Gasteiger partial charge in [0.05, 0.1) is 32.0 Å². The molecule has 12 unspecified atom stereocenters. The van der Waals surface area contributed by atoms with E-state index in [2.05, 4.69) is 129 Å². The van der Waals surface area contributed by atoms with Crippen molar-refractivity contribution < 1.29 is 64.6 Å². The van der Waals surface area contributed by atoms with Gasteiger partial charge < -0.3 is 65.1 Å². The molecule has 14 heteroatoms. The van der Waals surface area contributed by atoms with Crippen LogP contribution in [0.25, 0.3) is 0 Å². The van der Waals surface area contributed by atoms with Crippen LogP contribution in [0.2, 0.25) is 0 Å². The first-order valence-corrected chi connectivity index (χ1v) is 41.3. The molecule has 0 spiro atoms. The Morgan fingerprint density at radius 2 is 0.693 bits per heavy atom. The topological polar surface area (TPSA) is 228 Å². The average Bonchev–Trinajstić information content (AvgIpc) is 0.790. The summed E-state index contributed by atoms with van der Waals surface area (Å²) in [5.41, 5.74) is 0. The van der Waals surface area contributed by atoms with Gasteiger partial charge in [-0.05, 0) is 103 Å². The number of carbonyl (C=O) groups excluding carboxylic acids is 1. The van der Waals surface area contributed by atoms with E-state index in [1.807, 2.05) is 6.08 Å². The molecular formula is C87H151NO13. The van der Waals surface area contributed by atoms with Gasteiger partial charge >= 0.3 is 0 Å². The smallest absolute Gasteiger partial charge is 0.220 e. The molecule has 14 nitrogen and oxygen atoms in total. The largest absolute Gasteiger partial charge is 0.394 e. The highest BCUT2D eigenvalue weighted by molar-refractivity contribution is 5.76. The van der Waals surface area contributed by atoms with E-state index in [-0.39, 0.29) is 18.9 Å². The number of amides is 1. The summed E-state index contributed by atoms with van der Waals surface area (Å²) in [6, 6.07) is -0.946. The van der Waals surface area contributed by atoms with Crippen molar-refractivity contribution in [2.45, 2.75) is 402 Å². The summed E-state index contributed by atoms with van der Waals surface area (Å²) in [6.07, 6.45) is 85.7. The van der Waals surface area contributed by atoms with Crippen molar-refractivity contribution in [3.63, 3.8) is 0 Å². The van der Waals surface area contributed by atoms with Crippen molar-refractivity contribution >= 4 is 5.91 Å². The molecule has 0 aromatic heterocycles. The maximum Gasteiger partial charge on any atom is 0.220 e. The fourth-order valence-electron chi connectivity index (χ4n) is 12.9. The standard InChI is InChI=1S/C87H151NO13/c1-3-5-7-9-11-13-15-17-19-21-23-25-27-29-31-33-34-35-36-37-38-39-40-41-42-43-45-47-49-51-53-55-57-59-61-63-65-67-69-71-79(92)88-75(74-98-86-84(97)82(95)85(78(73-90)100-86)101-87-83(96)81(94)80(93)77(72-89)99-87)76(91)70-68-66-64-62-60-58-56-54-52-50-48-46-44-32-30-28-26-24-22-20-18-16-14-12-10-8-6-4-2/h5,7,11,13,17,19,23,25,29,31,34-35,37-38,52,54,60,62,68,70,75-78,80-87,89-91,93-97H,3-4,6,8-10,12,14-16,18,20-22,24,26-28,30,32-33,36,39-51,53,55-59,61,63-67,69,71-74H2,1-2H3,(H,88,92)/b7-5-,13-11-,19-17-,25-23-,31-29-,35-34-,38-37-,54-52+,62-60+,70-68+. The molecule has 2 aliphatic rings. The molecule has 2 fully saturated rings. The second-order valence-corrected chi connectivity index (χ2v) is 28.5. The first-order chi connectivity index (χ1) is 49.6. The van der Waals surface area contributed by atoms with E-state index in [4.69, 9.17) is 18.9 Å². The van der Waals surface area contributed by atoms with Crippen LogP contribution < -0.4 is 5.32 Å². The molecule has 0 aromatic carbocycles. The number of aliphatic hydroxyl groups is 8. The van der Waals surface area contributed by atoms with Crippen LogP contribution in [0.5, 0.6) is 0 Å². The maximum absolute atomic E-state index is 13.4. The van der Waals surface area contributed by atoms with Gasteiger partial charge in [0.25, 0.3) is 0 Å². The number of hydrogen-bond donors (Lipinski definition) is 9. The average molecular weight is 1420 g/mol. The summed E-state index contributed by atoms with van der Waals surface area (Å²) in [6.45, 7) is 2.70. The molecule has 0 saturated carbocycles. The van der Waals surface area contributed by atoms with Crippen LogP contribution in [0, 0.1) is 0 Å². The number of hydrogen-bond acceptors (Lipinski definition) is 13. The first kappa shape index (κ1) is 93.5. The molecule has 2 saturated heterocycles. The lowest BCUT2D eigenvalue weighted by molar-refractivity contribution is -0.359. The quantitative estimate of drug-likeness (QED) is 0.0204. The third-order valence-corrected chi connectivity index (χ3v) is 19.4. The highest BCUT2D eigenvalue weighted by Gasteiger charge is 2.51. The summed E-state index contributed by atoms with van der Waals surface area (Å²) in [7, 11) is 0. The molecule has 2 aliphatic heterocycles. The Hall–Kier alpha value is -3.61. The van der Waals surface area contributed by atoms with Gasteiger partial charge in [-0.15, -0.1) is 0 Å².